The Kier molecular flexibility index (Phi) is 2.26. The maximum Gasteiger partial charge on any atom is 0.142 e. The van der Waals surface area contributed by atoms with Crippen LogP contribution in [-0.4, -0.2) is 12.3 Å². The van der Waals surface area contributed by atoms with E-state index in [-0.39, 0.29) is 6.04 Å². The molecule has 11 heavy (non-hydrogen) atoms. The van der Waals surface area contributed by atoms with Gasteiger partial charge in [-0.3, -0.25) is 0 Å². The molecule has 0 aromatic heterocycles. The third kappa shape index (κ3) is 1.40. The van der Waals surface area contributed by atoms with E-state index >= 15 is 0 Å². The smallest absolute Gasteiger partial charge is 0.142 e. The molecule has 0 aromatic carbocycles. The third-order valence-corrected chi connectivity index (χ3v) is 1.74. The number of carbonyl (C=O) groups is 1. The molecule has 1 aliphatic heterocycles. The molecular formula is C9H11NO. The van der Waals surface area contributed by atoms with Gasteiger partial charge in [-0.15, -0.1) is 0 Å². The van der Waals surface area contributed by atoms with Crippen LogP contribution in [0.1, 0.15) is 6.42 Å². The molecule has 1 atom stereocenters. The van der Waals surface area contributed by atoms with Crippen LogP contribution in [0.25, 0.3) is 0 Å². The quantitative estimate of drug-likeness (QED) is 0.610. The highest BCUT2D eigenvalue weighted by atomic mass is 16.1. The number of hydrogen-bond acceptors (Lipinski definition) is 2. The normalized spacial score (nSPS) is 22.7. The molecule has 0 bridgehead atoms. The van der Waals surface area contributed by atoms with E-state index < -0.39 is 0 Å². The van der Waals surface area contributed by atoms with E-state index in [1.807, 2.05) is 0 Å². The van der Waals surface area contributed by atoms with Crippen LogP contribution in [0.2, 0.25) is 0 Å². The molecule has 1 N–H and O–H groups in total. The van der Waals surface area contributed by atoms with Gasteiger partial charge in [0.2, 0.25) is 0 Å². The maximum atomic E-state index is 10.4. The number of nitrogens with one attached hydrogen (secondary N) is 1. The molecule has 0 spiro atoms. The average molecular weight is 149 g/mol. The molecule has 58 valence electrons. The first kappa shape index (κ1) is 7.79. The number of carbonyl (C=O) groups excluding carboxylic acids is 1. The number of rotatable bonds is 3. The second kappa shape index (κ2) is 3.19. The summed E-state index contributed by atoms with van der Waals surface area (Å²) in [7, 11) is 0. The molecule has 1 heterocycles. The molecule has 0 aliphatic carbocycles. The fraction of sp³-hybridized carbons (Fsp3) is 0.222. The summed E-state index contributed by atoms with van der Waals surface area (Å²) in [6.45, 7) is 7.27. The van der Waals surface area contributed by atoms with Gasteiger partial charge in [-0.25, -0.2) is 0 Å². The standard InChI is InChI=1S/C9H11NO/c1-3-7-5-8(6-11)10-9(7)4-2/h3-4,6,8,10H,1-2,5H2. The zero-order valence-corrected chi connectivity index (χ0v) is 6.34. The van der Waals surface area contributed by atoms with E-state index in [9.17, 15) is 4.79 Å². The van der Waals surface area contributed by atoms with Gasteiger partial charge in [0.05, 0.1) is 6.04 Å². The van der Waals surface area contributed by atoms with E-state index in [1.165, 1.54) is 0 Å². The van der Waals surface area contributed by atoms with E-state index in [4.69, 9.17) is 0 Å². The molecule has 2 heteroatoms. The Labute approximate surface area is 66.3 Å². The van der Waals surface area contributed by atoms with Crippen LogP contribution in [0.3, 0.4) is 0 Å². The van der Waals surface area contributed by atoms with Crippen molar-refractivity contribution in [2.24, 2.45) is 0 Å². The average Bonchev–Trinajstić information content (AvgIpc) is 2.46. The van der Waals surface area contributed by atoms with Gasteiger partial charge < -0.3 is 10.1 Å². The molecule has 2 nitrogen and oxygen atoms in total. The van der Waals surface area contributed by atoms with E-state index in [0.29, 0.717) is 0 Å². The van der Waals surface area contributed by atoms with Crippen LogP contribution in [0.15, 0.2) is 36.6 Å². The van der Waals surface area contributed by atoms with Gasteiger partial charge in [0.15, 0.2) is 0 Å². The van der Waals surface area contributed by atoms with Crippen LogP contribution in [0.4, 0.5) is 0 Å². The summed E-state index contributed by atoms with van der Waals surface area (Å²) in [5, 5.41) is 3.01. The summed E-state index contributed by atoms with van der Waals surface area (Å²) in [6.07, 6.45) is 5.10. The Morgan fingerprint density at radius 3 is 2.55 bits per heavy atom. The van der Waals surface area contributed by atoms with Gasteiger partial charge in [-0.2, -0.15) is 0 Å². The van der Waals surface area contributed by atoms with Crippen molar-refractivity contribution in [2.45, 2.75) is 12.5 Å². The highest BCUT2D eigenvalue weighted by molar-refractivity contribution is 5.62. The summed E-state index contributed by atoms with van der Waals surface area (Å²) in [5.41, 5.74) is 1.99. The van der Waals surface area contributed by atoms with E-state index in [2.05, 4.69) is 18.5 Å². The molecule has 0 saturated heterocycles. The van der Waals surface area contributed by atoms with Crippen molar-refractivity contribution in [3.05, 3.63) is 36.6 Å². The second-order valence-corrected chi connectivity index (χ2v) is 2.44. The van der Waals surface area contributed by atoms with Crippen molar-refractivity contribution in [3.63, 3.8) is 0 Å². The summed E-state index contributed by atoms with van der Waals surface area (Å²) >= 11 is 0. The molecule has 0 fully saturated rings. The van der Waals surface area contributed by atoms with Crippen LogP contribution in [0.5, 0.6) is 0 Å². The van der Waals surface area contributed by atoms with Crippen molar-refractivity contribution < 1.29 is 4.79 Å². The van der Waals surface area contributed by atoms with Crippen molar-refractivity contribution in [1.29, 1.82) is 0 Å². The van der Waals surface area contributed by atoms with Gasteiger partial charge in [0.1, 0.15) is 6.29 Å². The molecule has 0 aromatic rings. The van der Waals surface area contributed by atoms with Crippen molar-refractivity contribution in [1.82, 2.24) is 5.32 Å². The fourth-order valence-corrected chi connectivity index (χ4v) is 1.16. The Hall–Kier alpha value is -1.31. The highest BCUT2D eigenvalue weighted by Crippen LogP contribution is 2.18. The van der Waals surface area contributed by atoms with Crippen LogP contribution in [0, 0.1) is 0 Å². The Balaban J connectivity index is 2.78. The SMILES string of the molecule is C=CC1=C(C=C)NC(C=O)C1. The summed E-state index contributed by atoms with van der Waals surface area (Å²) in [6, 6.07) is -0.0870. The van der Waals surface area contributed by atoms with Gasteiger partial charge in [0, 0.05) is 12.1 Å². The summed E-state index contributed by atoms with van der Waals surface area (Å²) < 4.78 is 0. The van der Waals surface area contributed by atoms with Crippen molar-refractivity contribution in [2.75, 3.05) is 0 Å². The monoisotopic (exact) mass is 149 g/mol. The molecule has 1 unspecified atom stereocenters. The molecule has 0 radical (unpaired) electrons. The van der Waals surface area contributed by atoms with Crippen LogP contribution in [-0.2, 0) is 4.79 Å². The fourth-order valence-electron chi connectivity index (χ4n) is 1.16. The van der Waals surface area contributed by atoms with Crippen LogP contribution < -0.4 is 5.32 Å². The minimum absolute atomic E-state index is 0.0870. The number of allylic oxidation sites excluding steroid dienone is 2. The first-order chi connectivity index (χ1) is 5.31. The lowest BCUT2D eigenvalue weighted by atomic mass is 10.1. The molecular weight excluding hydrogens is 138 g/mol. The zero-order valence-electron chi connectivity index (χ0n) is 6.34. The molecule has 0 amide bonds. The molecule has 1 rings (SSSR count). The Morgan fingerprint density at radius 2 is 2.18 bits per heavy atom. The zero-order chi connectivity index (χ0) is 8.27. The van der Waals surface area contributed by atoms with Gasteiger partial charge in [0.25, 0.3) is 0 Å². The molecule has 0 saturated carbocycles. The van der Waals surface area contributed by atoms with Crippen molar-refractivity contribution >= 4 is 6.29 Å². The van der Waals surface area contributed by atoms with Gasteiger partial charge in [-0.05, 0) is 11.6 Å². The Bertz CT molecular complexity index is 208. The van der Waals surface area contributed by atoms with E-state index in [1.54, 1.807) is 12.2 Å². The largest absolute Gasteiger partial charge is 0.375 e. The summed E-state index contributed by atoms with van der Waals surface area (Å²) in [5.74, 6) is 0. The third-order valence-electron chi connectivity index (χ3n) is 1.74. The molecule has 1 aliphatic rings. The van der Waals surface area contributed by atoms with E-state index in [0.717, 1.165) is 24.0 Å². The minimum Gasteiger partial charge on any atom is -0.375 e. The highest BCUT2D eigenvalue weighted by Gasteiger charge is 2.18. The maximum absolute atomic E-state index is 10.4. The van der Waals surface area contributed by atoms with Crippen LogP contribution >= 0.6 is 0 Å². The second-order valence-electron chi connectivity index (χ2n) is 2.44. The first-order valence-electron chi connectivity index (χ1n) is 3.51. The van der Waals surface area contributed by atoms with Crippen molar-refractivity contribution in [3.8, 4) is 0 Å². The van der Waals surface area contributed by atoms with Gasteiger partial charge in [-0.1, -0.05) is 19.2 Å². The lowest BCUT2D eigenvalue weighted by Crippen LogP contribution is -2.22. The predicted molar refractivity (Wildman–Crippen MR) is 45.0 cm³/mol. The lowest BCUT2D eigenvalue weighted by Gasteiger charge is -2.01. The first-order valence-corrected chi connectivity index (χ1v) is 3.51. The number of aldehydes is 1. The number of hydrogen-bond donors (Lipinski definition) is 1. The Morgan fingerprint density at radius 1 is 1.45 bits per heavy atom. The van der Waals surface area contributed by atoms with Gasteiger partial charge >= 0.3 is 0 Å². The minimum atomic E-state index is -0.0870. The predicted octanol–water partition coefficient (Wildman–Crippen LogP) is 1.17. The lowest BCUT2D eigenvalue weighted by molar-refractivity contribution is -0.109. The summed E-state index contributed by atoms with van der Waals surface area (Å²) in [4.78, 5) is 10.4. The topological polar surface area (TPSA) is 29.1 Å².